The molecule has 1 aliphatic carbocycles. The smallest absolute Gasteiger partial charge is 0.264 e. The minimum absolute atomic E-state index is 0.0278. The number of methoxy groups -OCH3 is 1. The van der Waals surface area contributed by atoms with E-state index in [2.05, 4.69) is 11.9 Å². The average Bonchev–Trinajstić information content (AvgIpc) is 3.37. The lowest BCUT2D eigenvalue weighted by Crippen LogP contribution is -2.36. The quantitative estimate of drug-likeness (QED) is 0.490. The Balaban J connectivity index is 1.49. The zero-order valence-corrected chi connectivity index (χ0v) is 19.7. The minimum atomic E-state index is -0.0756. The Kier molecular flexibility index (Phi) is 7.67. The lowest BCUT2D eigenvalue weighted by Gasteiger charge is -2.25. The van der Waals surface area contributed by atoms with Crippen molar-refractivity contribution in [3.8, 4) is 11.5 Å². The molecule has 1 aliphatic heterocycles. The summed E-state index contributed by atoms with van der Waals surface area (Å²) in [5.41, 5.74) is 0.933. The summed E-state index contributed by atoms with van der Waals surface area (Å²) < 4.78 is 16.9. The van der Waals surface area contributed by atoms with Crippen LogP contribution in [0.4, 0.5) is 5.00 Å². The van der Waals surface area contributed by atoms with E-state index in [1.807, 2.05) is 23.1 Å². The Labute approximate surface area is 198 Å². The number of hydrogen-bond acceptors (Lipinski definition) is 6. The van der Waals surface area contributed by atoms with Crippen LogP contribution >= 0.6 is 11.3 Å². The number of anilines is 1. The Morgan fingerprint density at radius 2 is 2.09 bits per heavy atom. The number of benzene rings is 1. The molecular formula is C25H30N2O5S. The number of amides is 2. The fourth-order valence-corrected chi connectivity index (χ4v) is 4.67. The predicted molar refractivity (Wildman–Crippen MR) is 128 cm³/mol. The maximum absolute atomic E-state index is 13.4. The van der Waals surface area contributed by atoms with Crippen LogP contribution in [0.1, 0.15) is 40.9 Å². The van der Waals surface area contributed by atoms with Gasteiger partial charge >= 0.3 is 0 Å². The zero-order valence-electron chi connectivity index (χ0n) is 18.9. The van der Waals surface area contributed by atoms with E-state index in [1.54, 1.807) is 25.3 Å². The first-order chi connectivity index (χ1) is 16.1. The van der Waals surface area contributed by atoms with Crippen molar-refractivity contribution in [2.75, 3.05) is 32.2 Å². The van der Waals surface area contributed by atoms with Gasteiger partial charge in [0.15, 0.2) is 11.5 Å². The first kappa shape index (κ1) is 23.3. The average molecular weight is 471 g/mol. The molecule has 1 unspecified atom stereocenters. The number of hydrogen-bond donors (Lipinski definition) is 1. The van der Waals surface area contributed by atoms with E-state index < -0.39 is 0 Å². The molecule has 2 fully saturated rings. The molecule has 1 aromatic heterocycles. The molecule has 2 amide bonds. The third-order valence-corrected chi connectivity index (χ3v) is 6.69. The number of ether oxygens (including phenoxy) is 3. The standard InChI is InChI=1S/C25H30N2O5S/c1-3-12-32-20-9-6-17(14-21(20)30-2)15-27(16-19-5-4-13-31-19)25(29)22-10-11-23(33-22)26-24(28)18-7-8-18/h3,6,9-11,14,18-19H,1,4-5,7-8,12-13,15-16H2,2H3,(H,26,28). The Hall–Kier alpha value is -2.84. The van der Waals surface area contributed by atoms with E-state index in [1.165, 1.54) is 11.3 Å². The van der Waals surface area contributed by atoms with Crippen LogP contribution in [-0.2, 0) is 16.1 Å². The van der Waals surface area contributed by atoms with Crippen LogP contribution in [0, 0.1) is 5.92 Å². The molecule has 176 valence electrons. The SMILES string of the molecule is C=CCOc1ccc(CN(CC2CCCO2)C(=O)c2ccc(NC(=O)C3CC3)s2)cc1OC. The van der Waals surface area contributed by atoms with Gasteiger partial charge in [-0.1, -0.05) is 18.7 Å². The van der Waals surface area contributed by atoms with Crippen LogP contribution in [0.3, 0.4) is 0 Å². The summed E-state index contributed by atoms with van der Waals surface area (Å²) in [7, 11) is 1.60. The maximum atomic E-state index is 13.4. The predicted octanol–water partition coefficient (Wildman–Crippen LogP) is 4.49. The number of nitrogens with one attached hydrogen (secondary N) is 1. The number of rotatable bonds is 11. The number of carbonyl (C=O) groups is 2. The highest BCUT2D eigenvalue weighted by molar-refractivity contribution is 7.18. The van der Waals surface area contributed by atoms with Gasteiger partial charge in [-0.2, -0.15) is 0 Å². The molecule has 1 aromatic carbocycles. The van der Waals surface area contributed by atoms with E-state index in [0.717, 1.165) is 37.9 Å². The first-order valence-corrected chi connectivity index (χ1v) is 12.1. The molecule has 1 N–H and O–H groups in total. The van der Waals surface area contributed by atoms with Crippen LogP contribution in [0.25, 0.3) is 0 Å². The topological polar surface area (TPSA) is 77.1 Å². The molecule has 0 radical (unpaired) electrons. The zero-order chi connectivity index (χ0) is 23.2. The van der Waals surface area contributed by atoms with Crippen molar-refractivity contribution in [3.63, 3.8) is 0 Å². The first-order valence-electron chi connectivity index (χ1n) is 11.3. The molecule has 1 saturated heterocycles. The molecule has 0 spiro atoms. The second-order valence-electron chi connectivity index (χ2n) is 8.33. The molecule has 2 heterocycles. The van der Waals surface area contributed by atoms with Crippen LogP contribution in [0.5, 0.6) is 11.5 Å². The van der Waals surface area contributed by atoms with Gasteiger partial charge in [0.25, 0.3) is 5.91 Å². The monoisotopic (exact) mass is 470 g/mol. The Bertz CT molecular complexity index is 994. The lowest BCUT2D eigenvalue weighted by molar-refractivity contribution is -0.117. The van der Waals surface area contributed by atoms with Crippen molar-refractivity contribution in [2.24, 2.45) is 5.92 Å². The molecule has 2 aliphatic rings. The summed E-state index contributed by atoms with van der Waals surface area (Å²) in [6.45, 7) is 5.71. The van der Waals surface area contributed by atoms with Crippen LogP contribution < -0.4 is 14.8 Å². The molecule has 7 nitrogen and oxygen atoms in total. The molecule has 8 heteroatoms. The van der Waals surface area contributed by atoms with Gasteiger partial charge in [0.1, 0.15) is 6.61 Å². The van der Waals surface area contributed by atoms with Crippen molar-refractivity contribution in [1.29, 1.82) is 0 Å². The Morgan fingerprint density at radius 1 is 1.24 bits per heavy atom. The molecule has 4 rings (SSSR count). The summed E-state index contributed by atoms with van der Waals surface area (Å²) in [6.07, 6.45) is 5.54. The number of carbonyl (C=O) groups excluding carboxylic acids is 2. The third-order valence-electron chi connectivity index (χ3n) is 5.70. The van der Waals surface area contributed by atoms with E-state index in [-0.39, 0.29) is 23.8 Å². The summed E-state index contributed by atoms with van der Waals surface area (Å²) in [6, 6.07) is 9.27. The van der Waals surface area contributed by atoms with Gasteiger partial charge in [-0.15, -0.1) is 11.3 Å². The summed E-state index contributed by atoms with van der Waals surface area (Å²) >= 11 is 1.31. The summed E-state index contributed by atoms with van der Waals surface area (Å²) in [5, 5.41) is 3.63. The molecule has 1 saturated carbocycles. The van der Waals surface area contributed by atoms with Crippen molar-refractivity contribution < 1.29 is 23.8 Å². The fourth-order valence-electron chi connectivity index (χ4n) is 3.80. The third kappa shape index (κ3) is 6.15. The fraction of sp³-hybridized carbons (Fsp3) is 0.440. The van der Waals surface area contributed by atoms with Crippen molar-refractivity contribution >= 4 is 28.2 Å². The highest BCUT2D eigenvalue weighted by atomic mass is 32.1. The second-order valence-corrected chi connectivity index (χ2v) is 9.42. The molecule has 33 heavy (non-hydrogen) atoms. The molecular weight excluding hydrogens is 440 g/mol. The lowest BCUT2D eigenvalue weighted by atomic mass is 10.1. The van der Waals surface area contributed by atoms with Gasteiger partial charge in [0, 0.05) is 25.6 Å². The van der Waals surface area contributed by atoms with E-state index in [4.69, 9.17) is 14.2 Å². The molecule has 2 aromatic rings. The summed E-state index contributed by atoms with van der Waals surface area (Å²) in [4.78, 5) is 27.9. The number of nitrogens with zero attached hydrogens (tertiary/aromatic N) is 1. The maximum Gasteiger partial charge on any atom is 0.264 e. The summed E-state index contributed by atoms with van der Waals surface area (Å²) in [5.74, 6) is 1.33. The molecule has 1 atom stereocenters. The highest BCUT2D eigenvalue weighted by Gasteiger charge is 2.30. The van der Waals surface area contributed by atoms with E-state index >= 15 is 0 Å². The number of thiophene rings is 1. The van der Waals surface area contributed by atoms with Gasteiger partial charge in [0.05, 0.1) is 23.1 Å². The van der Waals surface area contributed by atoms with Gasteiger partial charge < -0.3 is 24.4 Å². The van der Waals surface area contributed by atoms with Crippen molar-refractivity contribution in [3.05, 3.63) is 53.4 Å². The largest absolute Gasteiger partial charge is 0.493 e. The van der Waals surface area contributed by atoms with Crippen molar-refractivity contribution in [1.82, 2.24) is 4.90 Å². The highest BCUT2D eigenvalue weighted by Crippen LogP contribution is 2.33. The van der Waals surface area contributed by atoms with Crippen LogP contribution in [0.15, 0.2) is 43.0 Å². The van der Waals surface area contributed by atoms with Crippen LogP contribution in [-0.4, -0.2) is 49.7 Å². The van der Waals surface area contributed by atoms with Crippen LogP contribution in [0.2, 0.25) is 0 Å². The van der Waals surface area contributed by atoms with Gasteiger partial charge in [-0.05, 0) is 55.5 Å². The van der Waals surface area contributed by atoms with Gasteiger partial charge in [-0.3, -0.25) is 9.59 Å². The second kappa shape index (κ2) is 10.9. The van der Waals surface area contributed by atoms with Gasteiger partial charge in [-0.25, -0.2) is 0 Å². The Morgan fingerprint density at radius 3 is 2.79 bits per heavy atom. The van der Waals surface area contributed by atoms with Crippen molar-refractivity contribution in [2.45, 2.75) is 38.3 Å². The van der Waals surface area contributed by atoms with Gasteiger partial charge in [0.2, 0.25) is 5.91 Å². The van der Waals surface area contributed by atoms with E-state index in [9.17, 15) is 9.59 Å². The molecule has 0 bridgehead atoms. The minimum Gasteiger partial charge on any atom is -0.493 e. The normalized spacial score (nSPS) is 17.4. The van der Waals surface area contributed by atoms with E-state index in [0.29, 0.717) is 41.1 Å².